The van der Waals surface area contributed by atoms with E-state index in [9.17, 15) is 0 Å². The number of likely N-dealkylation sites (tertiary alicyclic amines) is 1. The summed E-state index contributed by atoms with van der Waals surface area (Å²) in [6.45, 7) is 4.74. The molecule has 2 heterocycles. The van der Waals surface area contributed by atoms with E-state index in [0.29, 0.717) is 31.8 Å². The molecule has 1 aromatic heterocycles. The molecule has 26 heavy (non-hydrogen) atoms. The standard InChI is InChI=1S/C18H32N4O2S.HI/c1-19-18(20-8-10-24-12-11-23-3)21-14-15-6-4-9-22(2)17(15)16-7-5-13-25-16;/h5,7,13,15,17H,4,6,8-12,14H2,1-3H3,(H2,19,20,21);1H. The Labute approximate surface area is 178 Å². The molecule has 1 fully saturated rings. The van der Waals surface area contributed by atoms with E-state index in [1.54, 1.807) is 7.11 Å². The van der Waals surface area contributed by atoms with Gasteiger partial charge in [0.15, 0.2) is 5.96 Å². The molecule has 2 rings (SSSR count). The van der Waals surface area contributed by atoms with Gasteiger partial charge in [-0.3, -0.25) is 9.89 Å². The van der Waals surface area contributed by atoms with Gasteiger partial charge in [0.1, 0.15) is 0 Å². The van der Waals surface area contributed by atoms with Gasteiger partial charge in [0.05, 0.1) is 19.8 Å². The van der Waals surface area contributed by atoms with Crippen LogP contribution < -0.4 is 10.6 Å². The Balaban J connectivity index is 0.00000338. The van der Waals surface area contributed by atoms with Crippen LogP contribution in [0.5, 0.6) is 0 Å². The quantitative estimate of drug-likeness (QED) is 0.238. The van der Waals surface area contributed by atoms with Crippen LogP contribution in [0.15, 0.2) is 22.5 Å². The fraction of sp³-hybridized carbons (Fsp3) is 0.722. The number of nitrogens with zero attached hydrogens (tertiary/aromatic N) is 2. The van der Waals surface area contributed by atoms with Crippen molar-refractivity contribution in [3.05, 3.63) is 22.4 Å². The first-order valence-corrected chi connectivity index (χ1v) is 9.89. The van der Waals surface area contributed by atoms with Crippen LogP contribution in [0.2, 0.25) is 0 Å². The minimum atomic E-state index is 0. The van der Waals surface area contributed by atoms with Crippen LogP contribution in [-0.2, 0) is 9.47 Å². The number of hydrogen-bond donors (Lipinski definition) is 2. The Hall–Kier alpha value is -0.420. The van der Waals surface area contributed by atoms with Gasteiger partial charge in [0.2, 0.25) is 0 Å². The van der Waals surface area contributed by atoms with Gasteiger partial charge in [0.25, 0.3) is 0 Å². The van der Waals surface area contributed by atoms with Gasteiger partial charge < -0.3 is 20.1 Å². The number of halogens is 1. The first-order valence-electron chi connectivity index (χ1n) is 9.01. The van der Waals surface area contributed by atoms with E-state index >= 15 is 0 Å². The fourth-order valence-electron chi connectivity index (χ4n) is 3.32. The monoisotopic (exact) mass is 496 g/mol. The number of methoxy groups -OCH3 is 1. The van der Waals surface area contributed by atoms with Crippen LogP contribution in [0, 0.1) is 5.92 Å². The molecule has 8 heteroatoms. The summed E-state index contributed by atoms with van der Waals surface area (Å²) in [6.07, 6.45) is 2.50. The van der Waals surface area contributed by atoms with Gasteiger partial charge in [-0.15, -0.1) is 35.3 Å². The fourth-order valence-corrected chi connectivity index (χ4v) is 4.30. The third-order valence-corrected chi connectivity index (χ3v) is 5.51. The molecular formula is C18H33IN4O2S. The van der Waals surface area contributed by atoms with Crippen LogP contribution in [-0.4, -0.2) is 71.5 Å². The second kappa shape index (κ2) is 13.7. The lowest BCUT2D eigenvalue weighted by Gasteiger charge is -2.39. The smallest absolute Gasteiger partial charge is 0.191 e. The maximum Gasteiger partial charge on any atom is 0.191 e. The van der Waals surface area contributed by atoms with Crippen molar-refractivity contribution in [3.8, 4) is 0 Å². The normalized spacial score (nSPS) is 21.3. The predicted molar refractivity (Wildman–Crippen MR) is 120 cm³/mol. The lowest BCUT2D eigenvalue weighted by Crippen LogP contribution is -2.45. The average Bonchev–Trinajstić information content (AvgIpc) is 3.14. The van der Waals surface area contributed by atoms with E-state index in [1.807, 2.05) is 18.4 Å². The summed E-state index contributed by atoms with van der Waals surface area (Å²) >= 11 is 1.86. The molecule has 2 unspecified atom stereocenters. The molecule has 0 saturated carbocycles. The van der Waals surface area contributed by atoms with E-state index in [0.717, 1.165) is 19.0 Å². The molecule has 0 aromatic carbocycles. The molecule has 2 N–H and O–H groups in total. The van der Waals surface area contributed by atoms with E-state index < -0.39 is 0 Å². The summed E-state index contributed by atoms with van der Waals surface area (Å²) in [7, 11) is 5.73. The van der Waals surface area contributed by atoms with E-state index in [2.05, 4.69) is 45.1 Å². The van der Waals surface area contributed by atoms with Gasteiger partial charge >= 0.3 is 0 Å². The molecule has 1 aromatic rings. The van der Waals surface area contributed by atoms with Crippen molar-refractivity contribution in [2.45, 2.75) is 18.9 Å². The number of hydrogen-bond acceptors (Lipinski definition) is 5. The maximum absolute atomic E-state index is 5.47. The van der Waals surface area contributed by atoms with Crippen molar-refractivity contribution >= 4 is 41.3 Å². The molecule has 1 aliphatic rings. The number of nitrogens with one attached hydrogen (secondary N) is 2. The highest BCUT2D eigenvalue weighted by Gasteiger charge is 2.31. The van der Waals surface area contributed by atoms with Crippen LogP contribution in [0.3, 0.4) is 0 Å². The number of piperidine rings is 1. The summed E-state index contributed by atoms with van der Waals surface area (Å²) in [6, 6.07) is 4.91. The zero-order valence-electron chi connectivity index (χ0n) is 16.1. The van der Waals surface area contributed by atoms with Crippen LogP contribution in [0.25, 0.3) is 0 Å². The topological polar surface area (TPSA) is 58.1 Å². The number of thiophene rings is 1. The molecule has 0 bridgehead atoms. The number of rotatable bonds is 9. The van der Waals surface area contributed by atoms with Crippen molar-refractivity contribution in [3.63, 3.8) is 0 Å². The number of ether oxygens (including phenoxy) is 2. The summed E-state index contributed by atoms with van der Waals surface area (Å²) in [5, 5.41) is 8.97. The highest BCUT2D eigenvalue weighted by atomic mass is 127. The first-order chi connectivity index (χ1) is 12.3. The Morgan fingerprint density at radius 2 is 2.19 bits per heavy atom. The summed E-state index contributed by atoms with van der Waals surface area (Å²) in [5.41, 5.74) is 0. The van der Waals surface area contributed by atoms with E-state index in [1.165, 1.54) is 24.3 Å². The largest absolute Gasteiger partial charge is 0.382 e. The first kappa shape index (κ1) is 23.6. The van der Waals surface area contributed by atoms with Gasteiger partial charge in [-0.25, -0.2) is 0 Å². The SMILES string of the molecule is CN=C(NCCOCCOC)NCC1CCCN(C)C1c1cccs1.I. The van der Waals surface area contributed by atoms with E-state index in [-0.39, 0.29) is 24.0 Å². The molecule has 150 valence electrons. The third kappa shape index (κ3) is 7.67. The van der Waals surface area contributed by atoms with Crippen LogP contribution in [0.1, 0.15) is 23.8 Å². The van der Waals surface area contributed by atoms with E-state index in [4.69, 9.17) is 9.47 Å². The predicted octanol–water partition coefficient (Wildman–Crippen LogP) is 2.58. The number of aliphatic imine (C=N–C) groups is 1. The summed E-state index contributed by atoms with van der Waals surface area (Å²) in [5.74, 6) is 1.43. The molecule has 6 nitrogen and oxygen atoms in total. The average molecular weight is 496 g/mol. The summed E-state index contributed by atoms with van der Waals surface area (Å²) in [4.78, 5) is 8.27. The van der Waals surface area contributed by atoms with Gasteiger partial charge in [-0.1, -0.05) is 6.07 Å². The molecular weight excluding hydrogens is 463 g/mol. The molecule has 2 atom stereocenters. The molecule has 0 aliphatic carbocycles. The lowest BCUT2D eigenvalue weighted by molar-refractivity contribution is 0.0733. The molecule has 0 amide bonds. The zero-order chi connectivity index (χ0) is 17.9. The zero-order valence-corrected chi connectivity index (χ0v) is 19.2. The van der Waals surface area contributed by atoms with Crippen molar-refractivity contribution in [2.75, 3.05) is 60.7 Å². The molecule has 1 saturated heterocycles. The lowest BCUT2D eigenvalue weighted by atomic mass is 9.88. The van der Waals surface area contributed by atoms with Gasteiger partial charge in [0, 0.05) is 38.2 Å². The Kier molecular flexibility index (Phi) is 12.4. The number of guanidine groups is 1. The Morgan fingerprint density at radius 1 is 1.35 bits per heavy atom. The van der Waals surface area contributed by atoms with Crippen molar-refractivity contribution in [2.24, 2.45) is 10.9 Å². The third-order valence-electron chi connectivity index (χ3n) is 4.57. The van der Waals surface area contributed by atoms with Crippen LogP contribution >= 0.6 is 35.3 Å². The molecule has 0 spiro atoms. The Bertz CT molecular complexity index is 501. The van der Waals surface area contributed by atoms with Gasteiger partial charge in [-0.05, 0) is 43.8 Å². The van der Waals surface area contributed by atoms with Crippen molar-refractivity contribution in [1.82, 2.24) is 15.5 Å². The van der Waals surface area contributed by atoms with Crippen LogP contribution in [0.4, 0.5) is 0 Å². The second-order valence-electron chi connectivity index (χ2n) is 6.33. The van der Waals surface area contributed by atoms with Gasteiger partial charge in [-0.2, -0.15) is 0 Å². The highest BCUT2D eigenvalue weighted by Crippen LogP contribution is 2.36. The minimum Gasteiger partial charge on any atom is -0.382 e. The summed E-state index contributed by atoms with van der Waals surface area (Å²) < 4.78 is 10.4. The minimum absolute atomic E-state index is 0. The highest BCUT2D eigenvalue weighted by molar-refractivity contribution is 14.0. The molecule has 1 aliphatic heterocycles. The molecule has 0 radical (unpaired) electrons. The van der Waals surface area contributed by atoms with Crippen molar-refractivity contribution < 1.29 is 9.47 Å². The van der Waals surface area contributed by atoms with Crippen molar-refractivity contribution in [1.29, 1.82) is 0 Å². The maximum atomic E-state index is 5.47. The second-order valence-corrected chi connectivity index (χ2v) is 7.31. The Morgan fingerprint density at radius 3 is 2.88 bits per heavy atom.